The van der Waals surface area contributed by atoms with E-state index in [0.717, 1.165) is 19.5 Å². The van der Waals surface area contributed by atoms with Crippen LogP contribution in [0.1, 0.15) is 43.5 Å². The molecular formula is C17H26N2O4S. The molecule has 0 spiro atoms. The highest BCUT2D eigenvalue weighted by atomic mass is 32.2. The van der Waals surface area contributed by atoms with Gasteiger partial charge in [-0.25, -0.2) is 13.9 Å². The van der Waals surface area contributed by atoms with Gasteiger partial charge in [0.05, 0.1) is 17.3 Å². The fourth-order valence-corrected chi connectivity index (χ4v) is 3.93. The summed E-state index contributed by atoms with van der Waals surface area (Å²) >= 11 is 0. The summed E-state index contributed by atoms with van der Waals surface area (Å²) in [7, 11) is -3.33. The zero-order chi connectivity index (χ0) is 17.6. The standard InChI is InChI=1S/C17H26N2O4S/c1-3-19-11-6-8-15(19)10-12-23-18-17(20)14-7-5-9-16(13-14)24(21,22)4-2/h5,7,9,13,15H,3-4,6,8,10-12H2,1-2H3,(H,18,20). The maximum atomic E-state index is 12.1. The van der Waals surface area contributed by atoms with Crippen molar-refractivity contribution in [2.45, 2.75) is 44.0 Å². The predicted octanol–water partition coefficient (Wildman–Crippen LogP) is 2.02. The van der Waals surface area contributed by atoms with Gasteiger partial charge in [-0.1, -0.05) is 19.9 Å². The van der Waals surface area contributed by atoms with E-state index in [0.29, 0.717) is 12.6 Å². The number of nitrogens with zero attached hydrogens (tertiary/aromatic N) is 1. The molecule has 1 aliphatic rings. The SMILES string of the molecule is CCN1CCCC1CCONC(=O)c1cccc(S(=O)(=O)CC)c1. The summed E-state index contributed by atoms with van der Waals surface area (Å²) in [6.45, 7) is 6.34. The van der Waals surface area contributed by atoms with Crippen molar-refractivity contribution >= 4 is 15.7 Å². The van der Waals surface area contributed by atoms with Gasteiger partial charge in [-0.15, -0.1) is 0 Å². The monoisotopic (exact) mass is 354 g/mol. The number of carbonyl (C=O) groups is 1. The Morgan fingerprint density at radius 3 is 2.88 bits per heavy atom. The molecule has 1 saturated heterocycles. The van der Waals surface area contributed by atoms with Crippen LogP contribution in [0.5, 0.6) is 0 Å². The van der Waals surface area contributed by atoms with Crippen LogP contribution in [0, 0.1) is 0 Å². The van der Waals surface area contributed by atoms with Gasteiger partial charge in [-0.2, -0.15) is 0 Å². The van der Waals surface area contributed by atoms with E-state index in [9.17, 15) is 13.2 Å². The van der Waals surface area contributed by atoms with E-state index in [1.807, 2.05) is 0 Å². The predicted molar refractivity (Wildman–Crippen MR) is 92.5 cm³/mol. The zero-order valence-electron chi connectivity index (χ0n) is 14.3. The van der Waals surface area contributed by atoms with Crippen molar-refractivity contribution in [1.82, 2.24) is 10.4 Å². The van der Waals surface area contributed by atoms with Crippen molar-refractivity contribution in [3.8, 4) is 0 Å². The van der Waals surface area contributed by atoms with E-state index >= 15 is 0 Å². The summed E-state index contributed by atoms with van der Waals surface area (Å²) in [6.07, 6.45) is 3.25. The quantitative estimate of drug-likeness (QED) is 0.571. The van der Waals surface area contributed by atoms with Crippen molar-refractivity contribution in [3.63, 3.8) is 0 Å². The lowest BCUT2D eigenvalue weighted by Crippen LogP contribution is -2.31. The molecule has 6 nitrogen and oxygen atoms in total. The summed E-state index contributed by atoms with van der Waals surface area (Å²) in [4.78, 5) is 19.9. The summed E-state index contributed by atoms with van der Waals surface area (Å²) in [6, 6.07) is 6.53. The molecule has 1 unspecified atom stereocenters. The van der Waals surface area contributed by atoms with Crippen LogP contribution in [0.4, 0.5) is 0 Å². The van der Waals surface area contributed by atoms with Crippen molar-refractivity contribution in [2.24, 2.45) is 0 Å². The summed E-state index contributed by atoms with van der Waals surface area (Å²) in [5, 5.41) is 0. The van der Waals surface area contributed by atoms with E-state index in [4.69, 9.17) is 4.84 Å². The Balaban J connectivity index is 1.84. The first kappa shape index (κ1) is 18.9. The van der Waals surface area contributed by atoms with Gasteiger partial charge >= 0.3 is 0 Å². The molecule has 1 fully saturated rings. The fraction of sp³-hybridized carbons (Fsp3) is 0.588. The molecule has 1 N–H and O–H groups in total. The number of hydroxylamine groups is 1. The second-order valence-electron chi connectivity index (χ2n) is 5.92. The highest BCUT2D eigenvalue weighted by Crippen LogP contribution is 2.19. The van der Waals surface area contributed by atoms with Crippen molar-refractivity contribution < 1.29 is 18.0 Å². The molecular weight excluding hydrogens is 328 g/mol. The molecule has 134 valence electrons. The molecule has 0 aromatic heterocycles. The van der Waals surface area contributed by atoms with Gasteiger partial charge in [0.25, 0.3) is 5.91 Å². The van der Waals surface area contributed by atoms with E-state index in [1.165, 1.54) is 25.0 Å². The van der Waals surface area contributed by atoms with Gasteiger partial charge in [0.2, 0.25) is 0 Å². The summed E-state index contributed by atoms with van der Waals surface area (Å²) in [5.41, 5.74) is 2.68. The van der Waals surface area contributed by atoms with E-state index in [1.54, 1.807) is 19.1 Å². The number of likely N-dealkylation sites (tertiary alicyclic amines) is 1. The first-order valence-electron chi connectivity index (χ1n) is 8.47. The first-order chi connectivity index (χ1) is 11.5. The van der Waals surface area contributed by atoms with Gasteiger partial charge in [-0.3, -0.25) is 9.63 Å². The highest BCUT2D eigenvalue weighted by Gasteiger charge is 2.22. The minimum Gasteiger partial charge on any atom is -0.301 e. The fourth-order valence-electron chi connectivity index (χ4n) is 3.01. The lowest BCUT2D eigenvalue weighted by molar-refractivity contribution is 0.0243. The Morgan fingerprint density at radius 2 is 2.17 bits per heavy atom. The Morgan fingerprint density at radius 1 is 1.38 bits per heavy atom. The van der Waals surface area contributed by atoms with Crippen LogP contribution in [0.3, 0.4) is 0 Å². The number of rotatable bonds is 8. The number of hydrogen-bond acceptors (Lipinski definition) is 5. The molecule has 7 heteroatoms. The average Bonchev–Trinajstić information content (AvgIpc) is 3.06. The van der Waals surface area contributed by atoms with E-state index in [2.05, 4.69) is 17.3 Å². The lowest BCUT2D eigenvalue weighted by Gasteiger charge is -2.22. The number of nitrogens with one attached hydrogen (secondary N) is 1. The molecule has 2 rings (SSSR count). The molecule has 1 aromatic carbocycles. The minimum absolute atomic E-state index is 0.00386. The number of hydrogen-bond donors (Lipinski definition) is 1. The van der Waals surface area contributed by atoms with Gasteiger partial charge in [-0.05, 0) is 50.6 Å². The molecule has 0 bridgehead atoms. The Kier molecular flexibility index (Phi) is 6.77. The van der Waals surface area contributed by atoms with Crippen LogP contribution in [-0.2, 0) is 14.7 Å². The number of sulfone groups is 1. The summed E-state index contributed by atoms with van der Waals surface area (Å²) < 4.78 is 23.7. The molecule has 1 aliphatic heterocycles. The van der Waals surface area contributed by atoms with Crippen LogP contribution in [0.2, 0.25) is 0 Å². The van der Waals surface area contributed by atoms with E-state index < -0.39 is 15.7 Å². The Labute approximate surface area is 144 Å². The van der Waals surface area contributed by atoms with Crippen LogP contribution >= 0.6 is 0 Å². The molecule has 1 heterocycles. The third-order valence-electron chi connectivity index (χ3n) is 4.46. The molecule has 1 aromatic rings. The minimum atomic E-state index is -3.33. The number of benzene rings is 1. The van der Waals surface area contributed by atoms with Crippen LogP contribution < -0.4 is 5.48 Å². The topological polar surface area (TPSA) is 75.7 Å². The van der Waals surface area contributed by atoms with Gasteiger partial charge in [0.1, 0.15) is 0 Å². The maximum absolute atomic E-state index is 12.1. The highest BCUT2D eigenvalue weighted by molar-refractivity contribution is 7.91. The molecule has 0 aliphatic carbocycles. The third-order valence-corrected chi connectivity index (χ3v) is 6.19. The van der Waals surface area contributed by atoms with Crippen LogP contribution in [0.15, 0.2) is 29.2 Å². The molecule has 0 saturated carbocycles. The smallest absolute Gasteiger partial charge is 0.274 e. The van der Waals surface area contributed by atoms with Crippen LogP contribution in [0.25, 0.3) is 0 Å². The van der Waals surface area contributed by atoms with Crippen LogP contribution in [-0.4, -0.2) is 50.7 Å². The molecule has 24 heavy (non-hydrogen) atoms. The zero-order valence-corrected chi connectivity index (χ0v) is 15.1. The van der Waals surface area contributed by atoms with Gasteiger partial charge < -0.3 is 4.90 Å². The second-order valence-corrected chi connectivity index (χ2v) is 8.20. The average molecular weight is 354 g/mol. The van der Waals surface area contributed by atoms with Crippen molar-refractivity contribution in [3.05, 3.63) is 29.8 Å². The number of amides is 1. The second kappa shape index (κ2) is 8.60. The molecule has 1 amide bonds. The molecule has 0 radical (unpaired) electrons. The summed E-state index contributed by atoms with van der Waals surface area (Å²) in [5.74, 6) is -0.425. The van der Waals surface area contributed by atoms with E-state index in [-0.39, 0.29) is 16.2 Å². The molecule has 1 atom stereocenters. The first-order valence-corrected chi connectivity index (χ1v) is 10.1. The van der Waals surface area contributed by atoms with Gasteiger partial charge in [0.15, 0.2) is 9.84 Å². The Hall–Kier alpha value is -1.44. The third kappa shape index (κ3) is 4.78. The maximum Gasteiger partial charge on any atom is 0.274 e. The lowest BCUT2D eigenvalue weighted by atomic mass is 10.1. The Bertz CT molecular complexity index is 660. The van der Waals surface area contributed by atoms with Crippen molar-refractivity contribution in [1.29, 1.82) is 0 Å². The normalized spacial score (nSPS) is 18.7. The van der Waals surface area contributed by atoms with Crippen molar-refractivity contribution in [2.75, 3.05) is 25.4 Å². The number of carbonyl (C=O) groups excluding carboxylic acids is 1. The van der Waals surface area contributed by atoms with Gasteiger partial charge in [0, 0.05) is 11.6 Å². The largest absolute Gasteiger partial charge is 0.301 e.